The SMILES string of the molecule is COc1ccc(C(=O)O)cc1S(=O)(=O)N1CCOC(C)C1. The lowest BCUT2D eigenvalue weighted by molar-refractivity contribution is 0.0101. The Morgan fingerprint density at radius 2 is 2.19 bits per heavy atom. The van der Waals surface area contributed by atoms with Crippen LogP contribution in [0.4, 0.5) is 0 Å². The number of hydrogen-bond acceptors (Lipinski definition) is 5. The highest BCUT2D eigenvalue weighted by Crippen LogP contribution is 2.28. The molecular weight excluding hydrogens is 298 g/mol. The lowest BCUT2D eigenvalue weighted by Crippen LogP contribution is -2.44. The highest BCUT2D eigenvalue weighted by molar-refractivity contribution is 7.89. The van der Waals surface area contributed by atoms with Gasteiger partial charge in [-0.3, -0.25) is 0 Å². The van der Waals surface area contributed by atoms with Crippen LogP contribution < -0.4 is 4.74 Å². The molecule has 0 bridgehead atoms. The van der Waals surface area contributed by atoms with Gasteiger partial charge in [0.15, 0.2) is 0 Å². The molecule has 21 heavy (non-hydrogen) atoms. The first-order chi connectivity index (χ1) is 9.86. The number of benzene rings is 1. The molecule has 1 fully saturated rings. The van der Waals surface area contributed by atoms with Crippen molar-refractivity contribution in [1.29, 1.82) is 0 Å². The van der Waals surface area contributed by atoms with Gasteiger partial charge in [-0.05, 0) is 25.1 Å². The van der Waals surface area contributed by atoms with Crippen LogP contribution in [-0.4, -0.2) is 56.7 Å². The van der Waals surface area contributed by atoms with Crippen LogP contribution >= 0.6 is 0 Å². The largest absolute Gasteiger partial charge is 0.495 e. The van der Waals surface area contributed by atoms with Gasteiger partial charge in [-0.2, -0.15) is 4.31 Å². The number of carboxylic acids is 1. The monoisotopic (exact) mass is 315 g/mol. The molecule has 0 radical (unpaired) electrons. The molecule has 2 rings (SSSR count). The lowest BCUT2D eigenvalue weighted by Gasteiger charge is -2.30. The van der Waals surface area contributed by atoms with Crippen molar-refractivity contribution >= 4 is 16.0 Å². The standard InChI is InChI=1S/C13H17NO6S/c1-9-8-14(5-6-20-9)21(17,18)12-7-10(13(15)16)3-4-11(12)19-2/h3-4,7,9H,5-6,8H2,1-2H3,(H,15,16). The molecule has 1 N–H and O–H groups in total. The zero-order valence-corrected chi connectivity index (χ0v) is 12.6. The maximum Gasteiger partial charge on any atom is 0.335 e. The van der Waals surface area contributed by atoms with Crippen LogP contribution in [0, 0.1) is 0 Å². The highest BCUT2D eigenvalue weighted by atomic mass is 32.2. The Kier molecular flexibility index (Phi) is 4.50. The third kappa shape index (κ3) is 3.17. The summed E-state index contributed by atoms with van der Waals surface area (Å²) >= 11 is 0. The summed E-state index contributed by atoms with van der Waals surface area (Å²) in [7, 11) is -2.48. The van der Waals surface area contributed by atoms with E-state index < -0.39 is 16.0 Å². The predicted octanol–water partition coefficient (Wildman–Crippen LogP) is 0.803. The molecule has 0 aliphatic carbocycles. The van der Waals surface area contributed by atoms with Crippen molar-refractivity contribution in [3.05, 3.63) is 23.8 Å². The van der Waals surface area contributed by atoms with E-state index in [1.165, 1.54) is 23.5 Å². The molecule has 0 saturated carbocycles. The minimum atomic E-state index is -3.83. The van der Waals surface area contributed by atoms with Crippen LogP contribution in [0.5, 0.6) is 5.75 Å². The number of nitrogens with zero attached hydrogens (tertiary/aromatic N) is 1. The van der Waals surface area contributed by atoms with E-state index in [2.05, 4.69) is 0 Å². The van der Waals surface area contributed by atoms with Crippen molar-refractivity contribution in [3.63, 3.8) is 0 Å². The van der Waals surface area contributed by atoms with Gasteiger partial charge in [0.1, 0.15) is 10.6 Å². The summed E-state index contributed by atoms with van der Waals surface area (Å²) in [5, 5.41) is 9.02. The Hall–Kier alpha value is -1.64. The smallest absolute Gasteiger partial charge is 0.335 e. The fourth-order valence-electron chi connectivity index (χ4n) is 2.16. The maximum atomic E-state index is 12.7. The minimum Gasteiger partial charge on any atom is -0.495 e. The number of methoxy groups -OCH3 is 1. The number of aromatic carboxylic acids is 1. The van der Waals surface area contributed by atoms with Crippen molar-refractivity contribution in [2.45, 2.75) is 17.9 Å². The Balaban J connectivity index is 2.47. The first-order valence-electron chi connectivity index (χ1n) is 6.39. The summed E-state index contributed by atoms with van der Waals surface area (Å²) < 4.78 is 37.0. The van der Waals surface area contributed by atoms with E-state index in [0.29, 0.717) is 6.61 Å². The first-order valence-corrected chi connectivity index (χ1v) is 7.83. The topological polar surface area (TPSA) is 93.1 Å². The van der Waals surface area contributed by atoms with Crippen molar-refractivity contribution in [3.8, 4) is 5.75 Å². The van der Waals surface area contributed by atoms with E-state index >= 15 is 0 Å². The van der Waals surface area contributed by atoms with E-state index in [0.717, 1.165) is 6.07 Å². The summed E-state index contributed by atoms with van der Waals surface area (Å²) in [6.07, 6.45) is -0.206. The first kappa shape index (κ1) is 15.7. The van der Waals surface area contributed by atoms with Gasteiger partial charge >= 0.3 is 5.97 Å². The molecule has 7 nitrogen and oxygen atoms in total. The van der Waals surface area contributed by atoms with Crippen molar-refractivity contribution < 1.29 is 27.8 Å². The highest BCUT2D eigenvalue weighted by Gasteiger charge is 2.32. The minimum absolute atomic E-state index is 0.101. The van der Waals surface area contributed by atoms with Gasteiger partial charge in [0, 0.05) is 13.1 Å². The normalized spacial score (nSPS) is 20.2. The number of morpholine rings is 1. The Morgan fingerprint density at radius 3 is 2.76 bits per heavy atom. The molecule has 1 saturated heterocycles. The van der Waals surface area contributed by atoms with Crippen molar-refractivity contribution in [2.75, 3.05) is 26.8 Å². The zero-order valence-electron chi connectivity index (χ0n) is 11.8. The Bertz CT molecular complexity index is 642. The third-order valence-electron chi connectivity index (χ3n) is 3.23. The molecule has 0 amide bonds. The molecule has 1 atom stereocenters. The number of ether oxygens (including phenoxy) is 2. The number of carbonyl (C=O) groups is 1. The molecule has 1 aromatic rings. The average Bonchev–Trinajstić information content (AvgIpc) is 2.46. The summed E-state index contributed by atoms with van der Waals surface area (Å²) in [5.74, 6) is -1.07. The van der Waals surface area contributed by atoms with Gasteiger partial charge in [0.05, 0.1) is 25.4 Å². The second-order valence-corrected chi connectivity index (χ2v) is 6.62. The number of sulfonamides is 1. The average molecular weight is 315 g/mol. The molecule has 1 heterocycles. The Morgan fingerprint density at radius 1 is 1.48 bits per heavy atom. The number of rotatable bonds is 4. The summed E-state index contributed by atoms with van der Waals surface area (Å²) in [6, 6.07) is 3.78. The summed E-state index contributed by atoms with van der Waals surface area (Å²) in [6.45, 7) is 2.55. The third-order valence-corrected chi connectivity index (χ3v) is 5.12. The van der Waals surface area contributed by atoms with Gasteiger partial charge in [0.2, 0.25) is 10.0 Å². The maximum absolute atomic E-state index is 12.7. The van der Waals surface area contributed by atoms with Crippen molar-refractivity contribution in [1.82, 2.24) is 4.31 Å². The van der Waals surface area contributed by atoms with Crippen LogP contribution in [0.1, 0.15) is 17.3 Å². The molecule has 1 unspecified atom stereocenters. The molecule has 1 aromatic carbocycles. The van der Waals surface area contributed by atoms with Crippen molar-refractivity contribution in [2.24, 2.45) is 0 Å². The molecule has 0 spiro atoms. The van der Waals surface area contributed by atoms with E-state index in [-0.39, 0.29) is 35.4 Å². The lowest BCUT2D eigenvalue weighted by atomic mass is 10.2. The fraction of sp³-hybridized carbons (Fsp3) is 0.462. The van der Waals surface area contributed by atoms with Gasteiger partial charge in [0.25, 0.3) is 0 Å². The van der Waals surface area contributed by atoms with Gasteiger partial charge in [-0.1, -0.05) is 0 Å². The zero-order chi connectivity index (χ0) is 15.6. The van der Waals surface area contributed by atoms with Crippen LogP contribution in [0.2, 0.25) is 0 Å². The van der Waals surface area contributed by atoms with E-state index in [9.17, 15) is 13.2 Å². The van der Waals surface area contributed by atoms with Gasteiger partial charge < -0.3 is 14.6 Å². The van der Waals surface area contributed by atoms with Crippen LogP contribution in [0.3, 0.4) is 0 Å². The van der Waals surface area contributed by atoms with Crippen LogP contribution in [-0.2, 0) is 14.8 Å². The summed E-state index contributed by atoms with van der Waals surface area (Å²) in [5.41, 5.74) is -0.101. The van der Waals surface area contributed by atoms with E-state index in [4.69, 9.17) is 14.6 Å². The van der Waals surface area contributed by atoms with Gasteiger partial charge in [-0.15, -0.1) is 0 Å². The molecule has 0 aromatic heterocycles. The van der Waals surface area contributed by atoms with E-state index in [1.807, 2.05) is 0 Å². The molecule has 1 aliphatic rings. The molecular formula is C13H17NO6S. The second kappa shape index (κ2) is 6.00. The number of hydrogen-bond donors (Lipinski definition) is 1. The Labute approximate surface area is 123 Å². The quantitative estimate of drug-likeness (QED) is 0.883. The molecule has 8 heteroatoms. The van der Waals surface area contributed by atoms with E-state index in [1.54, 1.807) is 6.92 Å². The van der Waals surface area contributed by atoms with Gasteiger partial charge in [-0.25, -0.2) is 13.2 Å². The summed E-state index contributed by atoms with van der Waals surface area (Å²) in [4.78, 5) is 10.9. The second-order valence-electron chi connectivity index (χ2n) is 4.72. The molecule has 116 valence electrons. The van der Waals surface area contributed by atoms with Crippen LogP contribution in [0.25, 0.3) is 0 Å². The number of carboxylic acid groups (broad SMARTS) is 1. The van der Waals surface area contributed by atoms with Crippen LogP contribution in [0.15, 0.2) is 23.1 Å². The fourth-order valence-corrected chi connectivity index (χ4v) is 3.84. The predicted molar refractivity (Wildman–Crippen MR) is 74.1 cm³/mol. The molecule has 1 aliphatic heterocycles.